The number of aromatic nitrogens is 2. The van der Waals surface area contributed by atoms with Gasteiger partial charge in [0.2, 0.25) is 0 Å². The Bertz CT molecular complexity index is 476. The third kappa shape index (κ3) is 2.67. The van der Waals surface area contributed by atoms with Gasteiger partial charge in [-0.15, -0.1) is 0 Å². The average molecular weight is 285 g/mol. The summed E-state index contributed by atoms with van der Waals surface area (Å²) < 4.78 is 0.972. The van der Waals surface area contributed by atoms with Crippen LogP contribution in [0.25, 0.3) is 0 Å². The molecule has 1 N–H and O–H groups in total. The van der Waals surface area contributed by atoms with Gasteiger partial charge in [0.15, 0.2) is 0 Å². The van der Waals surface area contributed by atoms with Crippen molar-refractivity contribution in [3.05, 3.63) is 46.3 Å². The smallest absolute Gasteiger partial charge is 0.135 e. The van der Waals surface area contributed by atoms with Crippen molar-refractivity contribution in [2.24, 2.45) is 0 Å². The van der Waals surface area contributed by atoms with Gasteiger partial charge < -0.3 is 5.32 Å². The zero-order valence-electron chi connectivity index (χ0n) is 7.61. The lowest BCUT2D eigenvalue weighted by atomic mass is 10.3. The fraction of sp³-hybridized carbons (Fsp3) is 0. The van der Waals surface area contributed by atoms with Crippen molar-refractivity contribution in [1.29, 1.82) is 0 Å². The molecular formula is C10H7BrClN3. The first-order chi connectivity index (χ1) is 7.25. The molecule has 0 atom stereocenters. The number of anilines is 2. The van der Waals surface area contributed by atoms with Gasteiger partial charge in [-0.2, -0.15) is 0 Å². The molecule has 76 valence electrons. The van der Waals surface area contributed by atoms with Gasteiger partial charge in [0.1, 0.15) is 17.3 Å². The highest BCUT2D eigenvalue weighted by atomic mass is 79.9. The SMILES string of the molecule is Clc1cc(Nc2ccccc2Br)ncn1. The quantitative estimate of drug-likeness (QED) is 0.856. The third-order valence-corrected chi connectivity index (χ3v) is 2.67. The molecule has 5 heteroatoms. The van der Waals surface area contributed by atoms with Gasteiger partial charge in [0.25, 0.3) is 0 Å². The van der Waals surface area contributed by atoms with Crippen molar-refractivity contribution in [2.75, 3.05) is 5.32 Å². The minimum atomic E-state index is 0.416. The van der Waals surface area contributed by atoms with Gasteiger partial charge in [-0.3, -0.25) is 0 Å². The maximum Gasteiger partial charge on any atom is 0.135 e. The van der Waals surface area contributed by atoms with Crippen LogP contribution in [0.5, 0.6) is 0 Å². The molecule has 2 aromatic rings. The minimum Gasteiger partial charge on any atom is -0.339 e. The molecule has 1 heterocycles. The first-order valence-electron chi connectivity index (χ1n) is 4.25. The van der Waals surface area contributed by atoms with Crippen molar-refractivity contribution in [1.82, 2.24) is 9.97 Å². The topological polar surface area (TPSA) is 37.8 Å². The molecule has 3 nitrogen and oxygen atoms in total. The summed E-state index contributed by atoms with van der Waals surface area (Å²) in [7, 11) is 0. The largest absolute Gasteiger partial charge is 0.339 e. The fourth-order valence-electron chi connectivity index (χ4n) is 1.10. The minimum absolute atomic E-state index is 0.416. The molecule has 0 bridgehead atoms. The predicted molar refractivity (Wildman–Crippen MR) is 64.5 cm³/mol. The van der Waals surface area contributed by atoms with Gasteiger partial charge in [0, 0.05) is 10.5 Å². The highest BCUT2D eigenvalue weighted by Gasteiger charge is 2.00. The van der Waals surface area contributed by atoms with E-state index in [1.165, 1.54) is 6.33 Å². The zero-order chi connectivity index (χ0) is 10.7. The van der Waals surface area contributed by atoms with Crippen LogP contribution >= 0.6 is 27.5 Å². The highest BCUT2D eigenvalue weighted by Crippen LogP contribution is 2.24. The van der Waals surface area contributed by atoms with E-state index >= 15 is 0 Å². The van der Waals surface area contributed by atoms with E-state index in [2.05, 4.69) is 31.2 Å². The lowest BCUT2D eigenvalue weighted by Gasteiger charge is -2.06. The molecule has 0 fully saturated rings. The van der Waals surface area contributed by atoms with Crippen molar-refractivity contribution in [3.63, 3.8) is 0 Å². The van der Waals surface area contributed by atoms with E-state index in [0.29, 0.717) is 11.0 Å². The number of hydrogen-bond donors (Lipinski definition) is 1. The lowest BCUT2D eigenvalue weighted by molar-refractivity contribution is 1.17. The van der Waals surface area contributed by atoms with Gasteiger partial charge in [-0.05, 0) is 28.1 Å². The van der Waals surface area contributed by atoms with E-state index in [-0.39, 0.29) is 0 Å². The summed E-state index contributed by atoms with van der Waals surface area (Å²) in [5.74, 6) is 0.668. The van der Waals surface area contributed by atoms with Crippen LogP contribution in [-0.2, 0) is 0 Å². The Hall–Kier alpha value is -1.13. The Morgan fingerprint density at radius 3 is 2.73 bits per heavy atom. The van der Waals surface area contributed by atoms with E-state index < -0.39 is 0 Å². The van der Waals surface area contributed by atoms with Gasteiger partial charge in [0.05, 0.1) is 5.69 Å². The van der Waals surface area contributed by atoms with Crippen molar-refractivity contribution < 1.29 is 0 Å². The zero-order valence-corrected chi connectivity index (χ0v) is 9.96. The van der Waals surface area contributed by atoms with E-state index in [1.807, 2.05) is 24.3 Å². The van der Waals surface area contributed by atoms with E-state index in [0.717, 1.165) is 10.2 Å². The molecule has 0 amide bonds. The second-order valence-electron chi connectivity index (χ2n) is 2.83. The van der Waals surface area contributed by atoms with E-state index in [9.17, 15) is 0 Å². The third-order valence-electron chi connectivity index (χ3n) is 1.77. The van der Waals surface area contributed by atoms with Crippen molar-refractivity contribution in [3.8, 4) is 0 Å². The first kappa shape index (κ1) is 10.4. The van der Waals surface area contributed by atoms with Gasteiger partial charge in [-0.1, -0.05) is 23.7 Å². The summed E-state index contributed by atoms with van der Waals surface area (Å²) in [6.45, 7) is 0. The predicted octanol–water partition coefficient (Wildman–Crippen LogP) is 3.64. The van der Waals surface area contributed by atoms with Crippen LogP contribution in [-0.4, -0.2) is 9.97 Å². The monoisotopic (exact) mass is 283 g/mol. The molecule has 0 aliphatic carbocycles. The number of hydrogen-bond acceptors (Lipinski definition) is 3. The Morgan fingerprint density at radius 2 is 2.00 bits per heavy atom. The van der Waals surface area contributed by atoms with Crippen LogP contribution in [0, 0.1) is 0 Å². The van der Waals surface area contributed by atoms with Crippen LogP contribution in [0.1, 0.15) is 0 Å². The Labute approximate surface area is 101 Å². The number of rotatable bonds is 2. The summed E-state index contributed by atoms with van der Waals surface area (Å²) in [6, 6.07) is 9.45. The summed E-state index contributed by atoms with van der Waals surface area (Å²) >= 11 is 9.18. The molecule has 0 unspecified atom stereocenters. The average Bonchev–Trinajstić information content (AvgIpc) is 2.22. The van der Waals surface area contributed by atoms with Gasteiger partial charge in [-0.25, -0.2) is 9.97 Å². The van der Waals surface area contributed by atoms with Crippen LogP contribution < -0.4 is 5.32 Å². The van der Waals surface area contributed by atoms with Crippen LogP contribution in [0.3, 0.4) is 0 Å². The highest BCUT2D eigenvalue weighted by molar-refractivity contribution is 9.10. The van der Waals surface area contributed by atoms with Gasteiger partial charge >= 0.3 is 0 Å². The Kier molecular flexibility index (Phi) is 3.18. The summed E-state index contributed by atoms with van der Waals surface area (Å²) in [5, 5.41) is 3.55. The number of halogens is 2. The maximum atomic E-state index is 5.75. The van der Waals surface area contributed by atoms with Crippen LogP contribution in [0.2, 0.25) is 5.15 Å². The number of benzene rings is 1. The maximum absolute atomic E-state index is 5.75. The first-order valence-corrected chi connectivity index (χ1v) is 5.42. The number of para-hydroxylation sites is 1. The Balaban J connectivity index is 2.26. The normalized spacial score (nSPS) is 10.0. The molecule has 2 rings (SSSR count). The van der Waals surface area contributed by atoms with E-state index in [4.69, 9.17) is 11.6 Å². The summed E-state index contributed by atoms with van der Waals surface area (Å²) in [4.78, 5) is 7.85. The number of nitrogens with one attached hydrogen (secondary N) is 1. The summed E-state index contributed by atoms with van der Waals surface area (Å²) in [5.41, 5.74) is 0.937. The molecule has 0 saturated carbocycles. The molecule has 0 saturated heterocycles. The molecule has 0 aliphatic heterocycles. The molecule has 1 aromatic heterocycles. The van der Waals surface area contributed by atoms with E-state index in [1.54, 1.807) is 6.07 Å². The molecular weight excluding hydrogens is 277 g/mol. The molecule has 0 aliphatic rings. The molecule has 15 heavy (non-hydrogen) atoms. The fourth-order valence-corrected chi connectivity index (χ4v) is 1.63. The molecule has 0 radical (unpaired) electrons. The standard InChI is InChI=1S/C10H7BrClN3/c11-7-3-1-2-4-8(7)15-10-5-9(12)13-6-14-10/h1-6H,(H,13,14,15). The van der Waals surface area contributed by atoms with Crippen molar-refractivity contribution >= 4 is 39.0 Å². The molecule has 0 spiro atoms. The van der Waals surface area contributed by atoms with Crippen LogP contribution in [0.15, 0.2) is 41.1 Å². The lowest BCUT2D eigenvalue weighted by Crippen LogP contribution is -1.94. The van der Waals surface area contributed by atoms with Crippen LogP contribution in [0.4, 0.5) is 11.5 Å². The Morgan fingerprint density at radius 1 is 1.20 bits per heavy atom. The molecule has 1 aromatic carbocycles. The second-order valence-corrected chi connectivity index (χ2v) is 4.07. The second kappa shape index (κ2) is 4.59. The summed E-state index contributed by atoms with van der Waals surface area (Å²) in [6.07, 6.45) is 1.42. The number of nitrogens with zero attached hydrogens (tertiary/aromatic N) is 2. The van der Waals surface area contributed by atoms with Crippen molar-refractivity contribution in [2.45, 2.75) is 0 Å².